The van der Waals surface area contributed by atoms with Crippen molar-refractivity contribution in [3.63, 3.8) is 0 Å². The van der Waals surface area contributed by atoms with Crippen LogP contribution < -0.4 is 0 Å². The van der Waals surface area contributed by atoms with Crippen molar-refractivity contribution < 1.29 is 13.2 Å². The van der Waals surface area contributed by atoms with Gasteiger partial charge in [-0.1, -0.05) is 24.6 Å². The van der Waals surface area contributed by atoms with Gasteiger partial charge in [-0.05, 0) is 43.0 Å². The van der Waals surface area contributed by atoms with Crippen molar-refractivity contribution in [1.29, 1.82) is 0 Å². The summed E-state index contributed by atoms with van der Waals surface area (Å²) in [6, 6.07) is 6.97. The summed E-state index contributed by atoms with van der Waals surface area (Å²) in [4.78, 5) is 10.9. The zero-order valence-corrected chi connectivity index (χ0v) is 11.9. The van der Waals surface area contributed by atoms with E-state index in [1.165, 1.54) is 0 Å². The molecule has 18 heavy (non-hydrogen) atoms. The number of benzene rings is 1. The molecule has 0 radical (unpaired) electrons. The van der Waals surface area contributed by atoms with Crippen LogP contribution in [0.2, 0.25) is 0 Å². The number of hydrogen-bond acceptors (Lipinski definition) is 3. The maximum Gasteiger partial charge on any atom is 0.221 e. The van der Waals surface area contributed by atoms with Crippen LogP contribution in [0.3, 0.4) is 0 Å². The van der Waals surface area contributed by atoms with Crippen LogP contribution in [0, 0.1) is 6.92 Å². The summed E-state index contributed by atoms with van der Waals surface area (Å²) in [5.41, 5.74) is 0.772. The van der Waals surface area contributed by atoms with E-state index in [2.05, 4.69) is 0 Å². The number of halogens is 1. The summed E-state index contributed by atoms with van der Waals surface area (Å²) < 4.78 is 24.1. The second-order valence-electron chi connectivity index (χ2n) is 4.25. The van der Waals surface area contributed by atoms with Crippen LogP contribution in [0.4, 0.5) is 0 Å². The number of unbranched alkanes of at least 4 members (excludes halogenated alkanes) is 2. The monoisotopic (exact) mass is 288 g/mol. The van der Waals surface area contributed by atoms with Crippen LogP contribution in [-0.4, -0.2) is 19.4 Å². The molecular formula is C13H17ClO3S. The zero-order chi connectivity index (χ0) is 13.6. The van der Waals surface area contributed by atoms with Crippen LogP contribution in [0.1, 0.15) is 31.2 Å². The molecule has 0 aromatic heterocycles. The van der Waals surface area contributed by atoms with Gasteiger partial charge in [0.05, 0.1) is 10.6 Å². The van der Waals surface area contributed by atoms with Crippen LogP contribution >= 0.6 is 11.6 Å². The Balaban J connectivity index is 2.51. The fourth-order valence-electron chi connectivity index (χ4n) is 1.75. The van der Waals surface area contributed by atoms with Gasteiger partial charge in [0.1, 0.15) is 0 Å². The fourth-order valence-corrected chi connectivity index (χ4v) is 3.53. The zero-order valence-electron chi connectivity index (χ0n) is 10.4. The van der Waals surface area contributed by atoms with Crippen molar-refractivity contribution in [1.82, 2.24) is 0 Å². The summed E-state index contributed by atoms with van der Waals surface area (Å²) in [7, 11) is -3.21. The largest absolute Gasteiger partial charge is 0.281 e. The number of sulfone groups is 1. The highest BCUT2D eigenvalue weighted by molar-refractivity contribution is 7.91. The fraction of sp³-hybridized carbons (Fsp3) is 0.462. The lowest BCUT2D eigenvalue weighted by Crippen LogP contribution is -2.08. The van der Waals surface area contributed by atoms with Crippen LogP contribution in [0.15, 0.2) is 29.2 Å². The number of hydrogen-bond donors (Lipinski definition) is 0. The minimum atomic E-state index is -3.21. The smallest absolute Gasteiger partial charge is 0.221 e. The molecule has 1 rings (SSSR count). The molecule has 0 saturated carbocycles. The molecule has 0 atom stereocenters. The van der Waals surface area contributed by atoms with E-state index in [-0.39, 0.29) is 11.0 Å². The Morgan fingerprint density at radius 3 is 2.44 bits per heavy atom. The highest BCUT2D eigenvalue weighted by Gasteiger charge is 2.15. The van der Waals surface area contributed by atoms with Gasteiger partial charge in [0.25, 0.3) is 0 Å². The summed E-state index contributed by atoms with van der Waals surface area (Å²) in [5.74, 6) is 0.119. The molecule has 0 aliphatic carbocycles. The SMILES string of the molecule is Cc1ccccc1S(=O)(=O)CCCCCC(=O)Cl. The average molecular weight is 289 g/mol. The van der Waals surface area contributed by atoms with E-state index in [4.69, 9.17) is 11.6 Å². The van der Waals surface area contributed by atoms with Gasteiger partial charge < -0.3 is 0 Å². The first-order chi connectivity index (χ1) is 8.43. The number of rotatable bonds is 7. The minimum Gasteiger partial charge on any atom is -0.281 e. The van der Waals surface area contributed by atoms with Gasteiger partial charge in [-0.2, -0.15) is 0 Å². The standard InChI is InChI=1S/C13H17ClO3S/c1-11-7-4-5-8-12(11)18(16,17)10-6-2-3-9-13(14)15/h4-5,7-8H,2-3,6,9-10H2,1H3. The number of aryl methyl sites for hydroxylation is 1. The third kappa shape index (κ3) is 4.78. The predicted octanol–water partition coefficient (Wildman–Crippen LogP) is 3.09. The van der Waals surface area contributed by atoms with E-state index >= 15 is 0 Å². The molecular weight excluding hydrogens is 272 g/mol. The molecule has 1 aromatic rings. The lowest BCUT2D eigenvalue weighted by Gasteiger charge is -2.07. The maximum absolute atomic E-state index is 12.1. The third-order valence-electron chi connectivity index (χ3n) is 2.72. The summed E-state index contributed by atoms with van der Waals surface area (Å²) in [6.45, 7) is 1.79. The lowest BCUT2D eigenvalue weighted by atomic mass is 10.2. The maximum atomic E-state index is 12.1. The van der Waals surface area contributed by atoms with E-state index in [9.17, 15) is 13.2 Å². The van der Waals surface area contributed by atoms with Crippen molar-refractivity contribution in [2.75, 3.05) is 5.75 Å². The van der Waals surface area contributed by atoms with E-state index in [0.29, 0.717) is 30.6 Å². The highest BCUT2D eigenvalue weighted by Crippen LogP contribution is 2.17. The molecule has 0 spiro atoms. The van der Waals surface area contributed by atoms with Crippen molar-refractivity contribution in [2.24, 2.45) is 0 Å². The van der Waals surface area contributed by atoms with Crippen LogP contribution in [0.5, 0.6) is 0 Å². The molecule has 100 valence electrons. The topological polar surface area (TPSA) is 51.2 Å². The molecule has 0 bridgehead atoms. The Morgan fingerprint density at radius 1 is 1.17 bits per heavy atom. The van der Waals surface area contributed by atoms with Gasteiger partial charge in [0.2, 0.25) is 5.24 Å². The van der Waals surface area contributed by atoms with E-state index in [1.54, 1.807) is 25.1 Å². The molecule has 0 unspecified atom stereocenters. The van der Waals surface area contributed by atoms with Crippen molar-refractivity contribution in [3.8, 4) is 0 Å². The second-order valence-corrected chi connectivity index (χ2v) is 6.75. The molecule has 0 heterocycles. The molecule has 5 heteroatoms. The molecule has 0 N–H and O–H groups in total. The first kappa shape index (κ1) is 15.2. The van der Waals surface area contributed by atoms with Crippen LogP contribution in [0.25, 0.3) is 0 Å². The van der Waals surface area contributed by atoms with Gasteiger partial charge >= 0.3 is 0 Å². The number of carbonyl (C=O) groups is 1. The van der Waals surface area contributed by atoms with Crippen molar-refractivity contribution >= 4 is 26.7 Å². The third-order valence-corrected chi connectivity index (χ3v) is 4.86. The average Bonchev–Trinajstić information content (AvgIpc) is 2.28. The molecule has 0 aliphatic heterocycles. The van der Waals surface area contributed by atoms with Gasteiger partial charge in [0.15, 0.2) is 9.84 Å². The molecule has 0 fully saturated rings. The Labute approximate surface area is 113 Å². The van der Waals surface area contributed by atoms with Gasteiger partial charge in [0, 0.05) is 6.42 Å². The Bertz CT molecular complexity index is 509. The van der Waals surface area contributed by atoms with E-state index < -0.39 is 9.84 Å². The number of carbonyl (C=O) groups excluding carboxylic acids is 1. The summed E-state index contributed by atoms with van der Waals surface area (Å²) >= 11 is 5.21. The van der Waals surface area contributed by atoms with Gasteiger partial charge in [-0.3, -0.25) is 4.79 Å². The Morgan fingerprint density at radius 2 is 1.83 bits per heavy atom. The first-order valence-corrected chi connectivity index (χ1v) is 7.93. The molecule has 1 aromatic carbocycles. The quantitative estimate of drug-likeness (QED) is 0.572. The van der Waals surface area contributed by atoms with E-state index in [1.807, 2.05) is 6.07 Å². The molecule has 0 aliphatic rings. The van der Waals surface area contributed by atoms with Gasteiger partial charge in [-0.25, -0.2) is 8.42 Å². The molecule has 0 saturated heterocycles. The highest BCUT2D eigenvalue weighted by atomic mass is 35.5. The summed E-state index contributed by atoms with van der Waals surface area (Å²) in [6.07, 6.45) is 2.21. The van der Waals surface area contributed by atoms with Crippen molar-refractivity contribution in [2.45, 2.75) is 37.5 Å². The predicted molar refractivity (Wildman–Crippen MR) is 72.6 cm³/mol. The second kappa shape index (κ2) is 6.90. The minimum absolute atomic E-state index is 0.119. The van der Waals surface area contributed by atoms with Gasteiger partial charge in [-0.15, -0.1) is 0 Å². The van der Waals surface area contributed by atoms with Crippen molar-refractivity contribution in [3.05, 3.63) is 29.8 Å². The molecule has 3 nitrogen and oxygen atoms in total. The summed E-state index contributed by atoms with van der Waals surface area (Å²) in [5, 5.41) is -0.364. The Hall–Kier alpha value is -0.870. The van der Waals surface area contributed by atoms with Crippen LogP contribution in [-0.2, 0) is 14.6 Å². The normalized spacial score (nSPS) is 11.4. The molecule has 0 amide bonds. The lowest BCUT2D eigenvalue weighted by molar-refractivity contribution is -0.111. The first-order valence-electron chi connectivity index (χ1n) is 5.90. The van der Waals surface area contributed by atoms with E-state index in [0.717, 1.165) is 5.56 Å². The Kier molecular flexibility index (Phi) is 5.82.